The van der Waals surface area contributed by atoms with Crippen LogP contribution in [0, 0.1) is 0 Å². The van der Waals surface area contributed by atoms with Gasteiger partial charge in [0.15, 0.2) is 0 Å². The maximum Gasteiger partial charge on any atom is 0.251 e. The van der Waals surface area contributed by atoms with Gasteiger partial charge in [0, 0.05) is 23.3 Å². The number of halogens is 1. The number of rotatable bonds is 6. The lowest BCUT2D eigenvalue weighted by Crippen LogP contribution is -2.54. The van der Waals surface area contributed by atoms with Crippen LogP contribution in [0.3, 0.4) is 0 Å². The summed E-state index contributed by atoms with van der Waals surface area (Å²) in [5, 5.41) is 2.94. The molecule has 19 heavy (non-hydrogen) atoms. The Balaban J connectivity index is 2.80. The minimum absolute atomic E-state index is 0.0000231. The Morgan fingerprint density at radius 3 is 2.58 bits per heavy atom. The fourth-order valence-corrected chi connectivity index (χ4v) is 2.26. The summed E-state index contributed by atoms with van der Waals surface area (Å²) < 4.78 is 2.13. The number of aromatic nitrogens is 1. The average Bonchev–Trinajstić information content (AvgIpc) is 2.40. The van der Waals surface area contributed by atoms with E-state index in [0.717, 1.165) is 17.3 Å². The molecular formula is C13H20BrN3O2. The highest BCUT2D eigenvalue weighted by molar-refractivity contribution is 9.10. The number of nitrogens with one attached hydrogen (secondary N) is 1. The lowest BCUT2D eigenvalue weighted by molar-refractivity contribution is -0.123. The van der Waals surface area contributed by atoms with Gasteiger partial charge in [-0.1, -0.05) is 13.8 Å². The standard InChI is InChI=1S/C13H20BrN3O2/c1-3-13(4-2,9-15)16-11(18)8-17-7-10(14)5-6-12(17)19/h5-7H,3-4,8-9,15H2,1-2H3,(H,16,18). The number of carbonyl (C=O) groups excluding carboxylic acids is 1. The molecule has 0 radical (unpaired) electrons. The van der Waals surface area contributed by atoms with Crippen LogP contribution in [0.25, 0.3) is 0 Å². The SMILES string of the molecule is CCC(CC)(CN)NC(=O)Cn1cc(Br)ccc1=O. The first-order valence-electron chi connectivity index (χ1n) is 6.33. The summed E-state index contributed by atoms with van der Waals surface area (Å²) in [7, 11) is 0. The molecule has 5 nitrogen and oxygen atoms in total. The third kappa shape index (κ3) is 4.18. The summed E-state index contributed by atoms with van der Waals surface area (Å²) in [5.41, 5.74) is 5.15. The normalized spacial score (nSPS) is 11.4. The molecule has 1 heterocycles. The third-order valence-corrected chi connectivity index (χ3v) is 3.88. The van der Waals surface area contributed by atoms with Gasteiger partial charge in [-0.15, -0.1) is 0 Å². The topological polar surface area (TPSA) is 77.1 Å². The first kappa shape index (κ1) is 15.9. The predicted octanol–water partition coefficient (Wildman–Crippen LogP) is 1.24. The van der Waals surface area contributed by atoms with E-state index >= 15 is 0 Å². The van der Waals surface area contributed by atoms with Crippen LogP contribution < -0.4 is 16.6 Å². The maximum atomic E-state index is 12.0. The second kappa shape index (κ2) is 6.86. The summed E-state index contributed by atoms with van der Waals surface area (Å²) >= 11 is 3.28. The Hall–Kier alpha value is -1.14. The van der Waals surface area contributed by atoms with Crippen LogP contribution in [0.5, 0.6) is 0 Å². The first-order valence-corrected chi connectivity index (χ1v) is 7.12. The van der Waals surface area contributed by atoms with Crippen LogP contribution in [0.15, 0.2) is 27.6 Å². The lowest BCUT2D eigenvalue weighted by atomic mass is 9.93. The minimum Gasteiger partial charge on any atom is -0.348 e. The van der Waals surface area contributed by atoms with Gasteiger partial charge < -0.3 is 15.6 Å². The molecule has 106 valence electrons. The monoisotopic (exact) mass is 329 g/mol. The van der Waals surface area contributed by atoms with Crippen molar-refractivity contribution in [3.63, 3.8) is 0 Å². The molecule has 0 aromatic carbocycles. The minimum atomic E-state index is -0.382. The van der Waals surface area contributed by atoms with Crippen molar-refractivity contribution in [3.8, 4) is 0 Å². The van der Waals surface area contributed by atoms with E-state index in [2.05, 4.69) is 21.2 Å². The number of hydrogen-bond acceptors (Lipinski definition) is 3. The summed E-state index contributed by atoms with van der Waals surface area (Å²) in [6.07, 6.45) is 3.13. The molecular weight excluding hydrogens is 310 g/mol. The predicted molar refractivity (Wildman–Crippen MR) is 78.9 cm³/mol. The number of amides is 1. The highest BCUT2D eigenvalue weighted by atomic mass is 79.9. The molecule has 0 unspecified atom stereocenters. The van der Waals surface area contributed by atoms with E-state index in [1.54, 1.807) is 12.3 Å². The Kier molecular flexibility index (Phi) is 5.75. The van der Waals surface area contributed by atoms with Crippen LogP contribution in [-0.2, 0) is 11.3 Å². The van der Waals surface area contributed by atoms with Crippen LogP contribution >= 0.6 is 15.9 Å². The second-order valence-electron chi connectivity index (χ2n) is 4.55. The summed E-state index contributed by atoms with van der Waals surface area (Å²) in [6.45, 7) is 4.36. The van der Waals surface area contributed by atoms with Gasteiger partial charge in [-0.05, 0) is 34.8 Å². The van der Waals surface area contributed by atoms with Crippen molar-refractivity contribution in [2.75, 3.05) is 6.54 Å². The van der Waals surface area contributed by atoms with Gasteiger partial charge in [0.2, 0.25) is 5.91 Å². The third-order valence-electron chi connectivity index (χ3n) is 3.41. The fraction of sp³-hybridized carbons (Fsp3) is 0.538. The maximum absolute atomic E-state index is 12.0. The van der Waals surface area contributed by atoms with E-state index in [0.29, 0.717) is 6.54 Å². The van der Waals surface area contributed by atoms with Gasteiger partial charge in [0.25, 0.3) is 5.56 Å². The van der Waals surface area contributed by atoms with Crippen LogP contribution in [0.4, 0.5) is 0 Å². The molecule has 1 aromatic rings. The molecule has 1 amide bonds. The van der Waals surface area contributed by atoms with Crippen LogP contribution in [0.1, 0.15) is 26.7 Å². The van der Waals surface area contributed by atoms with Gasteiger partial charge in [0.05, 0.1) is 5.54 Å². The highest BCUT2D eigenvalue weighted by Gasteiger charge is 2.26. The van der Waals surface area contributed by atoms with Gasteiger partial charge in [-0.25, -0.2) is 0 Å². The Morgan fingerprint density at radius 2 is 2.05 bits per heavy atom. The zero-order valence-corrected chi connectivity index (χ0v) is 12.9. The molecule has 1 rings (SSSR count). The number of nitrogens with two attached hydrogens (primary N) is 1. The molecule has 0 atom stereocenters. The molecule has 3 N–H and O–H groups in total. The molecule has 0 bridgehead atoms. The Bertz CT molecular complexity index is 487. The molecule has 0 aliphatic rings. The molecule has 6 heteroatoms. The summed E-state index contributed by atoms with van der Waals surface area (Å²) in [6, 6.07) is 3.08. The van der Waals surface area contributed by atoms with E-state index in [1.165, 1.54) is 10.6 Å². The largest absolute Gasteiger partial charge is 0.348 e. The van der Waals surface area contributed by atoms with Crippen molar-refractivity contribution < 1.29 is 4.79 Å². The lowest BCUT2D eigenvalue weighted by Gasteiger charge is -2.31. The summed E-state index contributed by atoms with van der Waals surface area (Å²) in [5.74, 6) is -0.200. The van der Waals surface area contributed by atoms with Crippen molar-refractivity contribution >= 4 is 21.8 Å². The van der Waals surface area contributed by atoms with E-state index in [-0.39, 0.29) is 23.6 Å². The van der Waals surface area contributed by atoms with Crippen molar-refractivity contribution in [1.29, 1.82) is 0 Å². The van der Waals surface area contributed by atoms with E-state index in [9.17, 15) is 9.59 Å². The van der Waals surface area contributed by atoms with Gasteiger partial charge in [0.1, 0.15) is 6.54 Å². The van der Waals surface area contributed by atoms with Crippen molar-refractivity contribution in [2.45, 2.75) is 38.8 Å². The van der Waals surface area contributed by atoms with Gasteiger partial charge in [-0.2, -0.15) is 0 Å². The molecule has 0 fully saturated rings. The smallest absolute Gasteiger partial charge is 0.251 e. The second-order valence-corrected chi connectivity index (χ2v) is 5.47. The Labute approximate surface area is 121 Å². The van der Waals surface area contributed by atoms with Crippen LogP contribution in [-0.4, -0.2) is 22.6 Å². The van der Waals surface area contributed by atoms with E-state index in [1.807, 2.05) is 13.8 Å². The Morgan fingerprint density at radius 1 is 1.42 bits per heavy atom. The van der Waals surface area contributed by atoms with Crippen LogP contribution in [0.2, 0.25) is 0 Å². The number of nitrogens with zero attached hydrogens (tertiary/aromatic N) is 1. The molecule has 0 aliphatic heterocycles. The molecule has 0 saturated heterocycles. The van der Waals surface area contributed by atoms with Gasteiger partial charge >= 0.3 is 0 Å². The van der Waals surface area contributed by atoms with Crippen molar-refractivity contribution in [1.82, 2.24) is 9.88 Å². The summed E-state index contributed by atoms with van der Waals surface area (Å²) in [4.78, 5) is 23.6. The quantitative estimate of drug-likeness (QED) is 0.824. The van der Waals surface area contributed by atoms with E-state index in [4.69, 9.17) is 5.73 Å². The molecule has 0 aliphatic carbocycles. The zero-order valence-electron chi connectivity index (χ0n) is 11.3. The van der Waals surface area contributed by atoms with Gasteiger partial charge in [-0.3, -0.25) is 9.59 Å². The number of carbonyl (C=O) groups is 1. The van der Waals surface area contributed by atoms with E-state index < -0.39 is 0 Å². The molecule has 0 saturated carbocycles. The highest BCUT2D eigenvalue weighted by Crippen LogP contribution is 2.13. The van der Waals surface area contributed by atoms with Crippen molar-refractivity contribution in [3.05, 3.63) is 33.2 Å². The van der Waals surface area contributed by atoms with Crippen molar-refractivity contribution in [2.24, 2.45) is 5.73 Å². The molecule has 1 aromatic heterocycles. The first-order chi connectivity index (χ1) is 8.96. The molecule has 0 spiro atoms. The fourth-order valence-electron chi connectivity index (χ4n) is 1.88. The number of pyridine rings is 1. The average molecular weight is 330 g/mol. The number of hydrogen-bond donors (Lipinski definition) is 2. The zero-order chi connectivity index (χ0) is 14.5.